The van der Waals surface area contributed by atoms with Crippen molar-refractivity contribution in [2.75, 3.05) is 24.6 Å². The van der Waals surface area contributed by atoms with Gasteiger partial charge in [0, 0.05) is 24.8 Å². The molecule has 1 saturated heterocycles. The lowest BCUT2D eigenvalue weighted by Crippen LogP contribution is -2.38. The first-order valence-corrected chi connectivity index (χ1v) is 7.60. The molecule has 1 aliphatic rings. The smallest absolute Gasteiger partial charge is 0.288 e. The summed E-state index contributed by atoms with van der Waals surface area (Å²) in [6.45, 7) is 3.14. The van der Waals surface area contributed by atoms with Gasteiger partial charge in [-0.25, -0.2) is 0 Å². The van der Waals surface area contributed by atoms with Gasteiger partial charge < -0.3 is 11.1 Å². The molecule has 1 aliphatic heterocycles. The van der Waals surface area contributed by atoms with Crippen LogP contribution in [0.1, 0.15) is 12.5 Å². The highest BCUT2D eigenvalue weighted by Crippen LogP contribution is 2.17. The van der Waals surface area contributed by atoms with E-state index in [1.54, 1.807) is 0 Å². The summed E-state index contributed by atoms with van der Waals surface area (Å²) in [7, 11) is 0. The summed E-state index contributed by atoms with van der Waals surface area (Å²) in [6.07, 6.45) is 0.886. The maximum Gasteiger partial charge on any atom is 0.288 e. The van der Waals surface area contributed by atoms with E-state index in [0.717, 1.165) is 23.9 Å². The van der Waals surface area contributed by atoms with E-state index >= 15 is 0 Å². The lowest BCUT2D eigenvalue weighted by atomic mass is 10.1. The first kappa shape index (κ1) is 14.9. The molecule has 0 saturated carbocycles. The molecular weight excluding hydrogens is 274 g/mol. The number of amides is 2. The molecule has 1 fully saturated rings. The Morgan fingerprint density at radius 3 is 2.65 bits per heavy atom. The Labute approximate surface area is 122 Å². The van der Waals surface area contributed by atoms with E-state index < -0.39 is 0 Å². The minimum absolute atomic E-state index is 0.0898. The van der Waals surface area contributed by atoms with E-state index in [0.29, 0.717) is 13.1 Å². The summed E-state index contributed by atoms with van der Waals surface area (Å²) in [5.74, 6) is 0.188. The highest BCUT2D eigenvalue weighted by molar-refractivity contribution is 8.14. The fourth-order valence-electron chi connectivity index (χ4n) is 2.10. The SMILES string of the molecule is CC(Cc1ccc(N)cc1)NCCN1C(=O)CSC1=O. The van der Waals surface area contributed by atoms with Crippen molar-refractivity contribution in [3.8, 4) is 0 Å². The number of rotatable bonds is 6. The van der Waals surface area contributed by atoms with E-state index in [1.807, 2.05) is 24.3 Å². The molecule has 20 heavy (non-hydrogen) atoms. The van der Waals surface area contributed by atoms with Crippen molar-refractivity contribution in [3.05, 3.63) is 29.8 Å². The summed E-state index contributed by atoms with van der Waals surface area (Å²) < 4.78 is 0. The lowest BCUT2D eigenvalue weighted by molar-refractivity contribution is -0.124. The molecule has 108 valence electrons. The third-order valence-electron chi connectivity index (χ3n) is 3.19. The third-order valence-corrected chi connectivity index (χ3v) is 4.05. The molecule has 1 aromatic carbocycles. The number of carbonyl (C=O) groups excluding carboxylic acids is 2. The van der Waals surface area contributed by atoms with Gasteiger partial charge in [-0.3, -0.25) is 14.5 Å². The molecule has 0 spiro atoms. The summed E-state index contributed by atoms with van der Waals surface area (Å²) in [5, 5.41) is 3.19. The van der Waals surface area contributed by atoms with E-state index in [4.69, 9.17) is 5.73 Å². The lowest BCUT2D eigenvalue weighted by Gasteiger charge is -2.17. The largest absolute Gasteiger partial charge is 0.399 e. The Hall–Kier alpha value is -1.53. The van der Waals surface area contributed by atoms with Crippen LogP contribution in [0.3, 0.4) is 0 Å². The highest BCUT2D eigenvalue weighted by Gasteiger charge is 2.29. The molecule has 1 heterocycles. The van der Waals surface area contributed by atoms with Gasteiger partial charge in [0.15, 0.2) is 0 Å². The highest BCUT2D eigenvalue weighted by atomic mass is 32.2. The zero-order chi connectivity index (χ0) is 14.5. The Bertz CT molecular complexity index is 474. The normalized spacial score (nSPS) is 16.8. The number of hydrogen-bond donors (Lipinski definition) is 2. The molecule has 6 heteroatoms. The van der Waals surface area contributed by atoms with Crippen molar-refractivity contribution in [3.63, 3.8) is 0 Å². The number of benzene rings is 1. The van der Waals surface area contributed by atoms with Crippen molar-refractivity contribution in [1.82, 2.24) is 10.2 Å². The third kappa shape index (κ3) is 3.98. The molecule has 2 amide bonds. The summed E-state index contributed by atoms with van der Waals surface area (Å²) >= 11 is 1.07. The predicted molar refractivity (Wildman–Crippen MR) is 81.6 cm³/mol. The first-order chi connectivity index (χ1) is 9.56. The van der Waals surface area contributed by atoms with Crippen LogP contribution in [0.4, 0.5) is 10.5 Å². The fourth-order valence-corrected chi connectivity index (χ4v) is 2.85. The van der Waals surface area contributed by atoms with Gasteiger partial charge in [0.1, 0.15) is 0 Å². The van der Waals surface area contributed by atoms with Crippen LogP contribution in [0.2, 0.25) is 0 Å². The number of anilines is 1. The maximum atomic E-state index is 11.4. The van der Waals surface area contributed by atoms with Crippen molar-refractivity contribution in [1.29, 1.82) is 0 Å². The van der Waals surface area contributed by atoms with Gasteiger partial charge >= 0.3 is 0 Å². The molecule has 2 rings (SSSR count). The predicted octanol–water partition coefficient (Wildman–Crippen LogP) is 1.48. The van der Waals surface area contributed by atoms with Crippen LogP contribution in [0.15, 0.2) is 24.3 Å². The minimum atomic E-state index is -0.136. The van der Waals surface area contributed by atoms with Crippen LogP contribution in [0.5, 0.6) is 0 Å². The second-order valence-corrected chi connectivity index (χ2v) is 5.83. The second kappa shape index (κ2) is 6.76. The molecule has 1 atom stereocenters. The van der Waals surface area contributed by atoms with E-state index in [9.17, 15) is 9.59 Å². The fraction of sp³-hybridized carbons (Fsp3) is 0.429. The van der Waals surface area contributed by atoms with E-state index in [2.05, 4.69) is 12.2 Å². The number of imide groups is 1. The van der Waals surface area contributed by atoms with Crippen LogP contribution < -0.4 is 11.1 Å². The molecule has 3 N–H and O–H groups in total. The van der Waals surface area contributed by atoms with Gasteiger partial charge in [-0.1, -0.05) is 23.9 Å². The maximum absolute atomic E-state index is 11.4. The van der Waals surface area contributed by atoms with Crippen LogP contribution in [0, 0.1) is 0 Å². The van der Waals surface area contributed by atoms with Crippen LogP contribution in [-0.4, -0.2) is 40.9 Å². The Balaban J connectivity index is 1.72. The number of carbonyl (C=O) groups is 2. The van der Waals surface area contributed by atoms with E-state index in [1.165, 1.54) is 10.5 Å². The molecule has 5 nitrogen and oxygen atoms in total. The van der Waals surface area contributed by atoms with Crippen LogP contribution in [-0.2, 0) is 11.2 Å². The first-order valence-electron chi connectivity index (χ1n) is 6.61. The van der Waals surface area contributed by atoms with Gasteiger partial charge in [-0.15, -0.1) is 0 Å². The molecule has 1 unspecified atom stereocenters. The van der Waals surface area contributed by atoms with Crippen molar-refractivity contribution in [2.45, 2.75) is 19.4 Å². The summed E-state index contributed by atoms with van der Waals surface area (Å²) in [4.78, 5) is 24.2. The summed E-state index contributed by atoms with van der Waals surface area (Å²) in [6, 6.07) is 8.08. The number of nitrogens with two attached hydrogens (primary N) is 1. The van der Waals surface area contributed by atoms with Crippen LogP contribution in [0.25, 0.3) is 0 Å². The number of nitrogen functional groups attached to an aromatic ring is 1. The number of thioether (sulfide) groups is 1. The zero-order valence-corrected chi connectivity index (χ0v) is 12.3. The second-order valence-electron chi connectivity index (χ2n) is 4.90. The molecule has 0 aromatic heterocycles. The minimum Gasteiger partial charge on any atom is -0.399 e. The van der Waals surface area contributed by atoms with Crippen molar-refractivity contribution < 1.29 is 9.59 Å². The number of nitrogens with zero attached hydrogens (tertiary/aromatic N) is 1. The summed E-state index contributed by atoms with van der Waals surface area (Å²) in [5.41, 5.74) is 7.62. The zero-order valence-electron chi connectivity index (χ0n) is 11.5. The molecule has 0 radical (unpaired) electrons. The quantitative estimate of drug-likeness (QED) is 0.777. The molecule has 0 aliphatic carbocycles. The molecular formula is C14H19N3O2S. The molecule has 0 bridgehead atoms. The van der Waals surface area contributed by atoms with Gasteiger partial charge in [-0.05, 0) is 31.0 Å². The number of hydrogen-bond acceptors (Lipinski definition) is 5. The van der Waals surface area contributed by atoms with Gasteiger partial charge in [0.05, 0.1) is 5.75 Å². The topological polar surface area (TPSA) is 75.4 Å². The van der Waals surface area contributed by atoms with Gasteiger partial charge in [0.2, 0.25) is 5.91 Å². The Kier molecular flexibility index (Phi) is 5.03. The van der Waals surface area contributed by atoms with Crippen molar-refractivity contribution in [2.24, 2.45) is 0 Å². The Morgan fingerprint density at radius 2 is 2.05 bits per heavy atom. The van der Waals surface area contributed by atoms with E-state index in [-0.39, 0.29) is 22.9 Å². The Morgan fingerprint density at radius 1 is 1.35 bits per heavy atom. The standard InChI is InChI=1S/C14H19N3O2S/c1-10(8-11-2-4-12(15)5-3-11)16-6-7-17-13(18)9-20-14(17)19/h2-5,10,16H,6-9,15H2,1H3. The average molecular weight is 293 g/mol. The monoisotopic (exact) mass is 293 g/mol. The average Bonchev–Trinajstić information content (AvgIpc) is 2.73. The van der Waals surface area contributed by atoms with Crippen LogP contribution >= 0.6 is 11.8 Å². The number of nitrogens with one attached hydrogen (secondary N) is 1. The van der Waals surface area contributed by atoms with Gasteiger partial charge in [-0.2, -0.15) is 0 Å². The van der Waals surface area contributed by atoms with Gasteiger partial charge in [0.25, 0.3) is 5.24 Å². The van der Waals surface area contributed by atoms with Crippen molar-refractivity contribution >= 4 is 28.6 Å². The molecule has 1 aromatic rings.